The summed E-state index contributed by atoms with van der Waals surface area (Å²) in [6, 6.07) is 15.7. The first kappa shape index (κ1) is 17.4. The number of anilines is 1. The summed E-state index contributed by atoms with van der Waals surface area (Å²) in [5, 5.41) is 3.60. The van der Waals surface area contributed by atoms with E-state index in [1.54, 1.807) is 6.07 Å². The minimum absolute atomic E-state index is 0.0000797. The molecule has 3 nitrogen and oxygen atoms in total. The van der Waals surface area contributed by atoms with Gasteiger partial charge in [-0.15, -0.1) is 0 Å². The zero-order valence-corrected chi connectivity index (χ0v) is 14.4. The number of nitrogens with one attached hydrogen (secondary N) is 1. The molecule has 23 heavy (non-hydrogen) atoms. The molecule has 0 aliphatic rings. The number of amides is 1. The number of hydrogen-bond donors (Lipinski definition) is 1. The maximum Gasteiger partial charge on any atom is 0.224 e. The molecule has 0 saturated carbocycles. The molecule has 0 heterocycles. The second-order valence-corrected chi connectivity index (χ2v) is 5.86. The van der Waals surface area contributed by atoms with Gasteiger partial charge in [-0.3, -0.25) is 4.79 Å². The van der Waals surface area contributed by atoms with E-state index in [0.29, 0.717) is 18.0 Å². The highest BCUT2D eigenvalue weighted by molar-refractivity contribution is 6.30. The highest BCUT2D eigenvalue weighted by Crippen LogP contribution is 2.15. The smallest absolute Gasteiger partial charge is 0.224 e. The summed E-state index contributed by atoms with van der Waals surface area (Å²) in [6.45, 7) is 6.82. The van der Waals surface area contributed by atoms with Gasteiger partial charge in [0.2, 0.25) is 5.91 Å². The lowest BCUT2D eigenvalue weighted by Crippen LogP contribution is -2.24. The molecule has 0 fully saturated rings. The van der Waals surface area contributed by atoms with Gasteiger partial charge in [0.05, 0.1) is 6.42 Å². The van der Waals surface area contributed by atoms with Crippen LogP contribution in [0.5, 0.6) is 0 Å². The van der Waals surface area contributed by atoms with Gasteiger partial charge in [0.15, 0.2) is 0 Å². The van der Waals surface area contributed by atoms with Crippen molar-refractivity contribution in [2.75, 3.05) is 18.0 Å². The fourth-order valence-electron chi connectivity index (χ4n) is 2.51. The normalized spacial score (nSPS) is 10.4. The zero-order chi connectivity index (χ0) is 16.7. The quantitative estimate of drug-likeness (QED) is 0.830. The Balaban J connectivity index is 1.86. The van der Waals surface area contributed by atoms with E-state index in [1.165, 1.54) is 5.69 Å². The predicted molar refractivity (Wildman–Crippen MR) is 97.0 cm³/mol. The largest absolute Gasteiger partial charge is 0.372 e. The maximum atomic E-state index is 12.0. The Morgan fingerprint density at radius 2 is 1.74 bits per heavy atom. The molecule has 4 heteroatoms. The Labute approximate surface area is 143 Å². The van der Waals surface area contributed by atoms with Gasteiger partial charge in [0.1, 0.15) is 0 Å². The average molecular weight is 331 g/mol. The lowest BCUT2D eigenvalue weighted by atomic mass is 10.1. The molecule has 0 aliphatic heterocycles. The molecule has 0 unspecified atom stereocenters. The molecular formula is C19H23ClN2O. The third-order valence-electron chi connectivity index (χ3n) is 3.81. The summed E-state index contributed by atoms with van der Waals surface area (Å²) in [4.78, 5) is 14.3. The van der Waals surface area contributed by atoms with Crippen LogP contribution in [0.3, 0.4) is 0 Å². The van der Waals surface area contributed by atoms with Gasteiger partial charge in [-0.05, 0) is 49.2 Å². The van der Waals surface area contributed by atoms with Crippen LogP contribution in [0.2, 0.25) is 5.02 Å². The van der Waals surface area contributed by atoms with E-state index in [0.717, 1.165) is 24.2 Å². The molecule has 1 amide bonds. The van der Waals surface area contributed by atoms with E-state index in [-0.39, 0.29) is 5.91 Å². The number of carbonyl (C=O) groups is 1. The van der Waals surface area contributed by atoms with E-state index in [9.17, 15) is 4.79 Å². The van der Waals surface area contributed by atoms with Crippen molar-refractivity contribution >= 4 is 23.2 Å². The molecule has 0 aliphatic carbocycles. The molecule has 2 aromatic carbocycles. The van der Waals surface area contributed by atoms with Crippen molar-refractivity contribution < 1.29 is 4.79 Å². The van der Waals surface area contributed by atoms with Gasteiger partial charge in [-0.1, -0.05) is 35.9 Å². The van der Waals surface area contributed by atoms with Crippen LogP contribution in [0, 0.1) is 0 Å². The summed E-state index contributed by atoms with van der Waals surface area (Å²) in [6.07, 6.45) is 0.345. The van der Waals surface area contributed by atoms with Gasteiger partial charge < -0.3 is 10.2 Å². The van der Waals surface area contributed by atoms with Crippen LogP contribution >= 0.6 is 11.6 Å². The number of rotatable bonds is 7. The summed E-state index contributed by atoms with van der Waals surface area (Å²) in [7, 11) is 0. The topological polar surface area (TPSA) is 32.3 Å². The second-order valence-electron chi connectivity index (χ2n) is 5.42. The monoisotopic (exact) mass is 330 g/mol. The Kier molecular flexibility index (Phi) is 6.48. The zero-order valence-electron chi connectivity index (χ0n) is 13.7. The van der Waals surface area contributed by atoms with Crippen LogP contribution in [0.4, 0.5) is 5.69 Å². The summed E-state index contributed by atoms with van der Waals surface area (Å²) in [5.41, 5.74) is 3.23. The SMILES string of the molecule is CCN(CC)c1ccc(CNC(=O)Cc2cccc(Cl)c2)cc1. The van der Waals surface area contributed by atoms with Gasteiger partial charge in [-0.25, -0.2) is 0 Å². The minimum atomic E-state index is 0.0000797. The van der Waals surface area contributed by atoms with Crippen LogP contribution in [-0.4, -0.2) is 19.0 Å². The molecule has 2 rings (SSSR count). The maximum absolute atomic E-state index is 12.0. The van der Waals surface area contributed by atoms with Crippen LogP contribution in [0.1, 0.15) is 25.0 Å². The Hall–Kier alpha value is -2.00. The molecule has 0 radical (unpaired) electrons. The van der Waals surface area contributed by atoms with Crippen molar-refractivity contribution in [2.24, 2.45) is 0 Å². The Morgan fingerprint density at radius 3 is 2.35 bits per heavy atom. The molecule has 2 aromatic rings. The minimum Gasteiger partial charge on any atom is -0.372 e. The standard InChI is InChI=1S/C19H23ClN2O/c1-3-22(4-2)18-10-8-15(9-11-18)14-21-19(23)13-16-6-5-7-17(20)12-16/h5-12H,3-4,13-14H2,1-2H3,(H,21,23). The summed E-state index contributed by atoms with van der Waals surface area (Å²) < 4.78 is 0. The van der Waals surface area contributed by atoms with E-state index in [4.69, 9.17) is 11.6 Å². The summed E-state index contributed by atoms with van der Waals surface area (Å²) in [5.74, 6) is 0.0000797. The highest BCUT2D eigenvalue weighted by atomic mass is 35.5. The molecule has 1 N–H and O–H groups in total. The van der Waals surface area contributed by atoms with Crippen LogP contribution in [0.15, 0.2) is 48.5 Å². The van der Waals surface area contributed by atoms with Crippen LogP contribution in [0.25, 0.3) is 0 Å². The van der Waals surface area contributed by atoms with Crippen molar-refractivity contribution in [3.8, 4) is 0 Å². The molecule has 0 aromatic heterocycles. The first-order valence-corrected chi connectivity index (χ1v) is 8.35. The fourth-order valence-corrected chi connectivity index (χ4v) is 2.72. The predicted octanol–water partition coefficient (Wildman–Crippen LogP) is 4.05. The van der Waals surface area contributed by atoms with Crippen molar-refractivity contribution in [1.29, 1.82) is 0 Å². The Morgan fingerprint density at radius 1 is 1.04 bits per heavy atom. The van der Waals surface area contributed by atoms with Crippen molar-refractivity contribution in [3.05, 3.63) is 64.7 Å². The van der Waals surface area contributed by atoms with Gasteiger partial charge in [0, 0.05) is 30.3 Å². The van der Waals surface area contributed by atoms with Gasteiger partial charge in [-0.2, -0.15) is 0 Å². The molecule has 0 saturated heterocycles. The second kappa shape index (κ2) is 8.59. The third-order valence-corrected chi connectivity index (χ3v) is 4.04. The number of benzene rings is 2. The van der Waals surface area contributed by atoms with E-state index in [2.05, 4.69) is 48.3 Å². The summed E-state index contributed by atoms with van der Waals surface area (Å²) >= 11 is 5.93. The number of carbonyl (C=O) groups excluding carboxylic acids is 1. The highest BCUT2D eigenvalue weighted by Gasteiger charge is 2.05. The number of halogens is 1. The average Bonchev–Trinajstić information content (AvgIpc) is 2.55. The van der Waals surface area contributed by atoms with Gasteiger partial charge in [0.25, 0.3) is 0 Å². The fraction of sp³-hybridized carbons (Fsp3) is 0.316. The lowest BCUT2D eigenvalue weighted by molar-refractivity contribution is -0.120. The van der Waals surface area contributed by atoms with Crippen LogP contribution < -0.4 is 10.2 Å². The third kappa shape index (κ3) is 5.29. The molecule has 122 valence electrons. The molecule has 0 bridgehead atoms. The van der Waals surface area contributed by atoms with Crippen molar-refractivity contribution in [1.82, 2.24) is 5.32 Å². The molecular weight excluding hydrogens is 308 g/mol. The Bertz CT molecular complexity index is 636. The van der Waals surface area contributed by atoms with Crippen LogP contribution in [-0.2, 0) is 17.8 Å². The first-order valence-electron chi connectivity index (χ1n) is 7.97. The number of hydrogen-bond acceptors (Lipinski definition) is 2. The van der Waals surface area contributed by atoms with E-state index >= 15 is 0 Å². The van der Waals surface area contributed by atoms with Gasteiger partial charge >= 0.3 is 0 Å². The molecule has 0 atom stereocenters. The lowest BCUT2D eigenvalue weighted by Gasteiger charge is -2.21. The van der Waals surface area contributed by atoms with Crippen molar-refractivity contribution in [2.45, 2.75) is 26.8 Å². The molecule has 0 spiro atoms. The first-order chi connectivity index (χ1) is 11.1. The van der Waals surface area contributed by atoms with Crippen molar-refractivity contribution in [3.63, 3.8) is 0 Å². The van der Waals surface area contributed by atoms with E-state index < -0.39 is 0 Å². The van der Waals surface area contributed by atoms with E-state index in [1.807, 2.05) is 18.2 Å². The number of nitrogens with zero attached hydrogens (tertiary/aromatic N) is 1.